The maximum atomic E-state index is 12.5. The predicted octanol–water partition coefficient (Wildman–Crippen LogP) is 7.77. The van der Waals surface area contributed by atoms with Crippen LogP contribution < -0.4 is 10.1 Å². The second-order valence-electron chi connectivity index (χ2n) is 10.2. The smallest absolute Gasteiger partial charge is 0.329 e. The molecule has 0 amide bonds. The van der Waals surface area contributed by atoms with Crippen molar-refractivity contribution < 1.29 is 14.6 Å². The number of para-hydroxylation sites is 1. The summed E-state index contributed by atoms with van der Waals surface area (Å²) in [5.74, 6) is 0.385. The van der Waals surface area contributed by atoms with E-state index in [4.69, 9.17) is 27.9 Å². The minimum Gasteiger partial charge on any atom is -0.492 e. The van der Waals surface area contributed by atoms with Crippen molar-refractivity contribution >= 4 is 34.9 Å². The third-order valence-corrected chi connectivity index (χ3v) is 8.75. The summed E-state index contributed by atoms with van der Waals surface area (Å²) >= 11 is 12.4. The first-order chi connectivity index (χ1) is 17.4. The van der Waals surface area contributed by atoms with Gasteiger partial charge in [-0.1, -0.05) is 65.7 Å². The largest absolute Gasteiger partial charge is 0.492 e. The van der Waals surface area contributed by atoms with Crippen molar-refractivity contribution in [2.24, 2.45) is 5.92 Å². The monoisotopic (exact) mass is 523 g/mol. The van der Waals surface area contributed by atoms with Gasteiger partial charge in [-0.15, -0.1) is 0 Å². The summed E-state index contributed by atoms with van der Waals surface area (Å²) in [6.07, 6.45) is 5.78. The number of carboxylic acids is 1. The van der Waals surface area contributed by atoms with Crippen molar-refractivity contribution in [2.75, 3.05) is 11.9 Å². The quantitative estimate of drug-likeness (QED) is 0.296. The van der Waals surface area contributed by atoms with Crippen LogP contribution in [0.2, 0.25) is 10.0 Å². The molecule has 0 aromatic heterocycles. The number of carboxylic acid groups (broad SMARTS) is 1. The molecule has 5 rings (SSSR count). The topological polar surface area (TPSA) is 58.6 Å². The zero-order chi connectivity index (χ0) is 25.2. The molecule has 1 spiro atoms. The zero-order valence-corrected chi connectivity index (χ0v) is 21.7. The molecule has 0 heterocycles. The lowest BCUT2D eigenvalue weighted by atomic mass is 9.60. The molecule has 1 atom stereocenters. The summed E-state index contributed by atoms with van der Waals surface area (Å²) < 4.78 is 5.96. The summed E-state index contributed by atoms with van der Waals surface area (Å²) in [5.41, 5.74) is 2.56. The fraction of sp³-hybridized carbons (Fsp3) is 0.367. The van der Waals surface area contributed by atoms with E-state index < -0.39 is 11.5 Å². The van der Waals surface area contributed by atoms with Crippen molar-refractivity contribution in [3.05, 3.63) is 94.0 Å². The molecule has 0 radical (unpaired) electrons. The molecule has 1 fully saturated rings. The molecule has 2 aliphatic carbocycles. The standard InChI is InChI=1S/C30H31Cl2NO3/c31-23-9-5-10-24(20-23)33-30(28(34)35)16-14-29(15-17-30)22(19-21-7-1-2-11-25(21)29)8-6-18-36-27-13-4-3-12-26(27)32/h1-5,7,9-13,20,22,33H,6,8,14-19H2,(H,34,35). The molecular formula is C30H31Cl2NO3. The van der Waals surface area contributed by atoms with Crippen molar-refractivity contribution in [1.29, 1.82) is 0 Å². The van der Waals surface area contributed by atoms with Gasteiger partial charge in [0, 0.05) is 10.7 Å². The van der Waals surface area contributed by atoms with Gasteiger partial charge in [0.25, 0.3) is 0 Å². The minimum absolute atomic E-state index is 0.00402. The maximum absolute atomic E-state index is 12.5. The van der Waals surface area contributed by atoms with Crippen LogP contribution in [0.3, 0.4) is 0 Å². The van der Waals surface area contributed by atoms with E-state index in [9.17, 15) is 9.90 Å². The van der Waals surface area contributed by atoms with Crippen LogP contribution in [0.15, 0.2) is 72.8 Å². The van der Waals surface area contributed by atoms with Crippen LogP contribution in [0.5, 0.6) is 5.75 Å². The Kier molecular flexibility index (Phi) is 7.18. The summed E-state index contributed by atoms with van der Waals surface area (Å²) in [5, 5.41) is 14.9. The van der Waals surface area contributed by atoms with Crippen molar-refractivity contribution in [2.45, 2.75) is 55.9 Å². The number of benzene rings is 3. The second-order valence-corrected chi connectivity index (χ2v) is 11.0. The lowest BCUT2D eigenvalue weighted by Gasteiger charge is -2.47. The van der Waals surface area contributed by atoms with Gasteiger partial charge in [0.2, 0.25) is 0 Å². The van der Waals surface area contributed by atoms with Crippen LogP contribution >= 0.6 is 23.2 Å². The van der Waals surface area contributed by atoms with Gasteiger partial charge in [-0.2, -0.15) is 0 Å². The number of halogens is 2. The van der Waals surface area contributed by atoms with Gasteiger partial charge in [-0.25, -0.2) is 4.79 Å². The maximum Gasteiger partial charge on any atom is 0.329 e. The van der Waals surface area contributed by atoms with E-state index in [1.165, 1.54) is 11.1 Å². The number of rotatable bonds is 8. The molecule has 36 heavy (non-hydrogen) atoms. The Bertz CT molecular complexity index is 1240. The molecule has 0 bridgehead atoms. The van der Waals surface area contributed by atoms with Gasteiger partial charge in [0.15, 0.2) is 0 Å². The predicted molar refractivity (Wildman–Crippen MR) is 145 cm³/mol. The lowest BCUT2D eigenvalue weighted by molar-refractivity contribution is -0.144. The van der Waals surface area contributed by atoms with Crippen LogP contribution in [0.25, 0.3) is 0 Å². The third kappa shape index (κ3) is 4.81. The van der Waals surface area contributed by atoms with Gasteiger partial charge in [0.1, 0.15) is 11.3 Å². The highest BCUT2D eigenvalue weighted by Crippen LogP contribution is 2.55. The van der Waals surface area contributed by atoms with Gasteiger partial charge in [-0.3, -0.25) is 0 Å². The highest BCUT2D eigenvalue weighted by Gasteiger charge is 2.53. The van der Waals surface area contributed by atoms with Crippen LogP contribution in [0, 0.1) is 5.92 Å². The Morgan fingerprint density at radius 3 is 2.47 bits per heavy atom. The molecule has 3 aromatic carbocycles. The van der Waals surface area contributed by atoms with Crippen LogP contribution in [0.1, 0.15) is 49.7 Å². The Labute approximate surface area is 222 Å². The highest BCUT2D eigenvalue weighted by atomic mass is 35.5. The number of hydrogen-bond acceptors (Lipinski definition) is 3. The number of carbonyl (C=O) groups is 1. The molecule has 3 aromatic rings. The van der Waals surface area contributed by atoms with E-state index in [1.807, 2.05) is 36.4 Å². The average molecular weight is 524 g/mol. The molecule has 4 nitrogen and oxygen atoms in total. The number of aliphatic carboxylic acids is 1. The van der Waals surface area contributed by atoms with E-state index >= 15 is 0 Å². The highest BCUT2D eigenvalue weighted by molar-refractivity contribution is 6.32. The average Bonchev–Trinajstić information content (AvgIpc) is 3.17. The molecule has 0 saturated heterocycles. The Balaban J connectivity index is 1.32. The van der Waals surface area contributed by atoms with Gasteiger partial charge in [-0.05, 0) is 97.7 Å². The normalized spacial score (nSPS) is 24.9. The molecule has 6 heteroatoms. The number of hydrogen-bond donors (Lipinski definition) is 2. The van der Waals surface area contributed by atoms with Gasteiger partial charge >= 0.3 is 5.97 Å². The first kappa shape index (κ1) is 25.0. The zero-order valence-electron chi connectivity index (χ0n) is 20.2. The number of anilines is 1. The fourth-order valence-electron chi connectivity index (χ4n) is 6.35. The van der Waals surface area contributed by atoms with Crippen LogP contribution in [-0.2, 0) is 16.6 Å². The fourth-order valence-corrected chi connectivity index (χ4v) is 6.73. The molecular weight excluding hydrogens is 493 g/mol. The summed E-state index contributed by atoms with van der Waals surface area (Å²) in [6, 6.07) is 23.6. The molecule has 2 N–H and O–H groups in total. The van der Waals surface area contributed by atoms with E-state index in [-0.39, 0.29) is 5.41 Å². The van der Waals surface area contributed by atoms with Crippen molar-refractivity contribution in [1.82, 2.24) is 0 Å². The van der Waals surface area contributed by atoms with Crippen LogP contribution in [0.4, 0.5) is 5.69 Å². The van der Waals surface area contributed by atoms with E-state index in [1.54, 1.807) is 12.1 Å². The Morgan fingerprint density at radius 1 is 0.972 bits per heavy atom. The number of ether oxygens (including phenoxy) is 1. The first-order valence-electron chi connectivity index (χ1n) is 12.6. The number of fused-ring (bicyclic) bond motifs is 2. The summed E-state index contributed by atoms with van der Waals surface area (Å²) in [7, 11) is 0. The van der Waals surface area contributed by atoms with Crippen LogP contribution in [-0.4, -0.2) is 23.2 Å². The molecule has 1 unspecified atom stereocenters. The van der Waals surface area contributed by atoms with Crippen molar-refractivity contribution in [3.8, 4) is 5.75 Å². The Hall–Kier alpha value is -2.69. The second kappa shape index (κ2) is 10.4. The summed E-state index contributed by atoms with van der Waals surface area (Å²) in [4.78, 5) is 12.5. The van der Waals surface area contributed by atoms with Gasteiger partial charge in [0.05, 0.1) is 11.6 Å². The van der Waals surface area contributed by atoms with E-state index in [0.717, 1.165) is 43.5 Å². The van der Waals surface area contributed by atoms with E-state index in [0.29, 0.717) is 35.4 Å². The molecule has 0 aliphatic heterocycles. The molecule has 1 saturated carbocycles. The minimum atomic E-state index is -0.995. The van der Waals surface area contributed by atoms with E-state index in [2.05, 4.69) is 29.6 Å². The van der Waals surface area contributed by atoms with Crippen molar-refractivity contribution in [3.63, 3.8) is 0 Å². The summed E-state index contributed by atoms with van der Waals surface area (Å²) in [6.45, 7) is 0.613. The Morgan fingerprint density at radius 2 is 1.72 bits per heavy atom. The third-order valence-electron chi connectivity index (χ3n) is 8.21. The lowest BCUT2D eigenvalue weighted by Crippen LogP contribution is -2.53. The SMILES string of the molecule is O=C(O)C1(Nc2cccc(Cl)c2)CCC2(CC1)c1ccccc1CC2CCCOc1ccccc1Cl. The molecule has 188 valence electrons. The molecule has 2 aliphatic rings. The van der Waals surface area contributed by atoms with Gasteiger partial charge < -0.3 is 15.2 Å². The number of nitrogens with one attached hydrogen (secondary N) is 1. The first-order valence-corrected chi connectivity index (χ1v) is 13.4.